The van der Waals surface area contributed by atoms with E-state index in [0.29, 0.717) is 18.5 Å². The first-order valence-electron chi connectivity index (χ1n) is 5.89. The molecule has 106 valence electrons. The molecule has 0 radical (unpaired) electrons. The van der Waals surface area contributed by atoms with Crippen molar-refractivity contribution in [1.82, 2.24) is 4.98 Å². The van der Waals surface area contributed by atoms with E-state index in [1.54, 1.807) is 6.07 Å². The third kappa shape index (κ3) is 3.90. The molecule has 0 atom stereocenters. The van der Waals surface area contributed by atoms with Gasteiger partial charge < -0.3 is 5.32 Å². The van der Waals surface area contributed by atoms with Crippen LogP contribution in [0, 0.1) is 0 Å². The number of pyridine rings is 1. The van der Waals surface area contributed by atoms with Gasteiger partial charge in [-0.3, -0.25) is 0 Å². The van der Waals surface area contributed by atoms with Crippen molar-refractivity contribution >= 4 is 25.4 Å². The van der Waals surface area contributed by atoms with Gasteiger partial charge in [0.05, 0.1) is 23.4 Å². The maximum atomic E-state index is 11.3. The predicted octanol–water partition coefficient (Wildman–Crippen LogP) is 0.474. The zero-order valence-corrected chi connectivity index (χ0v) is 12.2. The van der Waals surface area contributed by atoms with Crippen molar-refractivity contribution in [2.45, 2.75) is 23.9 Å². The Bertz CT molecular complexity index is 636. The summed E-state index contributed by atoms with van der Waals surface area (Å²) in [7, 11) is -6.16. The van der Waals surface area contributed by atoms with Crippen LogP contribution in [-0.2, 0) is 19.7 Å². The lowest BCUT2D eigenvalue weighted by Crippen LogP contribution is -2.32. The highest BCUT2D eigenvalue weighted by Crippen LogP contribution is 2.18. The van der Waals surface area contributed by atoms with Crippen LogP contribution in [0.2, 0.25) is 0 Å². The van der Waals surface area contributed by atoms with Crippen LogP contribution in [0.1, 0.15) is 12.8 Å². The lowest BCUT2D eigenvalue weighted by molar-refractivity contribution is 0.559. The van der Waals surface area contributed by atoms with E-state index in [4.69, 9.17) is 0 Å². The molecule has 1 aromatic rings. The van der Waals surface area contributed by atoms with Gasteiger partial charge in [-0.25, -0.2) is 21.8 Å². The van der Waals surface area contributed by atoms with E-state index >= 15 is 0 Å². The number of sulfone groups is 2. The van der Waals surface area contributed by atoms with Crippen LogP contribution in [0.3, 0.4) is 0 Å². The Balaban J connectivity index is 2.01. The van der Waals surface area contributed by atoms with Gasteiger partial charge in [0.25, 0.3) is 0 Å². The highest BCUT2D eigenvalue weighted by Gasteiger charge is 2.23. The second-order valence-electron chi connectivity index (χ2n) is 4.73. The molecule has 1 aliphatic rings. The normalized spacial score (nSPS) is 20.1. The van der Waals surface area contributed by atoms with Crippen LogP contribution in [0.15, 0.2) is 23.4 Å². The molecule has 0 aliphatic carbocycles. The van der Waals surface area contributed by atoms with Gasteiger partial charge in [-0.1, -0.05) is 0 Å². The maximum absolute atomic E-state index is 11.3. The number of hydrogen-bond acceptors (Lipinski definition) is 6. The summed E-state index contributed by atoms with van der Waals surface area (Å²) in [5.41, 5.74) is 0.705. The number of hydrogen-bond donors (Lipinski definition) is 1. The second-order valence-corrected chi connectivity index (χ2v) is 8.99. The molecule has 2 rings (SSSR count). The fourth-order valence-electron chi connectivity index (χ4n) is 1.96. The quantitative estimate of drug-likeness (QED) is 0.872. The summed E-state index contributed by atoms with van der Waals surface area (Å²) in [4.78, 5) is 3.88. The number of aromatic nitrogens is 1. The van der Waals surface area contributed by atoms with E-state index in [-0.39, 0.29) is 22.6 Å². The third-order valence-electron chi connectivity index (χ3n) is 3.04. The van der Waals surface area contributed by atoms with Gasteiger partial charge in [0.15, 0.2) is 14.9 Å². The minimum absolute atomic E-state index is 0.0317. The molecule has 0 amide bonds. The molecule has 0 spiro atoms. The lowest BCUT2D eigenvalue weighted by Gasteiger charge is -2.23. The average Bonchev–Trinajstić information content (AvgIpc) is 2.31. The number of nitrogens with one attached hydrogen (secondary N) is 1. The molecule has 1 aromatic heterocycles. The van der Waals surface area contributed by atoms with E-state index in [2.05, 4.69) is 10.3 Å². The molecule has 1 N–H and O–H groups in total. The first kappa shape index (κ1) is 14.3. The monoisotopic (exact) mass is 304 g/mol. The summed E-state index contributed by atoms with van der Waals surface area (Å²) in [6.07, 6.45) is 3.69. The second kappa shape index (κ2) is 5.09. The van der Waals surface area contributed by atoms with Gasteiger partial charge in [0.1, 0.15) is 9.84 Å². The summed E-state index contributed by atoms with van der Waals surface area (Å²) in [6.45, 7) is 0. The van der Waals surface area contributed by atoms with Crippen LogP contribution in [0.5, 0.6) is 0 Å². The van der Waals surface area contributed by atoms with Crippen LogP contribution in [-0.4, -0.2) is 45.6 Å². The van der Waals surface area contributed by atoms with Gasteiger partial charge >= 0.3 is 0 Å². The Morgan fingerprint density at radius 2 is 1.89 bits per heavy atom. The molecule has 19 heavy (non-hydrogen) atoms. The summed E-state index contributed by atoms with van der Waals surface area (Å²) < 4.78 is 45.1. The zero-order chi connectivity index (χ0) is 14.1. The SMILES string of the molecule is CS(=O)(=O)c1ccc(NC2CCS(=O)(=O)CC2)cn1. The molecule has 1 saturated heterocycles. The highest BCUT2D eigenvalue weighted by atomic mass is 32.2. The van der Waals surface area contributed by atoms with Gasteiger partial charge in [0, 0.05) is 12.3 Å². The smallest absolute Gasteiger partial charge is 0.192 e. The minimum Gasteiger partial charge on any atom is -0.381 e. The lowest BCUT2D eigenvalue weighted by atomic mass is 10.1. The molecule has 2 heterocycles. The summed E-state index contributed by atoms with van der Waals surface area (Å²) in [6, 6.07) is 3.18. The van der Waals surface area contributed by atoms with Crippen LogP contribution < -0.4 is 5.32 Å². The molecule has 8 heteroatoms. The van der Waals surface area contributed by atoms with E-state index in [1.807, 2.05) is 0 Å². The van der Waals surface area contributed by atoms with Gasteiger partial charge in [-0.15, -0.1) is 0 Å². The van der Waals surface area contributed by atoms with Crippen LogP contribution in [0.4, 0.5) is 5.69 Å². The Morgan fingerprint density at radius 1 is 1.26 bits per heavy atom. The van der Waals surface area contributed by atoms with Crippen LogP contribution in [0.25, 0.3) is 0 Å². The zero-order valence-electron chi connectivity index (χ0n) is 10.5. The Labute approximate surface area is 113 Å². The minimum atomic E-state index is -3.29. The standard InChI is InChI=1S/C11H16N2O4S2/c1-18(14,15)11-3-2-10(8-12-11)13-9-4-6-19(16,17)7-5-9/h2-3,8-9,13H,4-7H2,1H3. The molecular formula is C11H16N2O4S2. The van der Waals surface area contributed by atoms with Gasteiger partial charge in [0.2, 0.25) is 0 Å². The molecule has 0 unspecified atom stereocenters. The van der Waals surface area contributed by atoms with Gasteiger partial charge in [-0.05, 0) is 25.0 Å². The fraction of sp³-hybridized carbons (Fsp3) is 0.545. The summed E-state index contributed by atoms with van der Waals surface area (Å²) in [5.74, 6) is 0.388. The molecular weight excluding hydrogens is 288 g/mol. The highest BCUT2D eigenvalue weighted by molar-refractivity contribution is 7.91. The predicted molar refractivity (Wildman–Crippen MR) is 72.6 cm³/mol. The average molecular weight is 304 g/mol. The van der Waals surface area contributed by atoms with Crippen molar-refractivity contribution in [3.63, 3.8) is 0 Å². The first-order valence-corrected chi connectivity index (χ1v) is 9.61. The molecule has 1 aliphatic heterocycles. The molecule has 0 bridgehead atoms. The van der Waals surface area contributed by atoms with Gasteiger partial charge in [-0.2, -0.15) is 0 Å². The third-order valence-corrected chi connectivity index (χ3v) is 5.76. The van der Waals surface area contributed by atoms with E-state index < -0.39 is 19.7 Å². The molecule has 0 saturated carbocycles. The van der Waals surface area contributed by atoms with Crippen molar-refractivity contribution in [3.8, 4) is 0 Å². The van der Waals surface area contributed by atoms with E-state index in [0.717, 1.165) is 6.26 Å². The fourth-order valence-corrected chi connectivity index (χ4v) is 4.01. The van der Waals surface area contributed by atoms with Crippen LogP contribution >= 0.6 is 0 Å². The largest absolute Gasteiger partial charge is 0.381 e. The van der Waals surface area contributed by atoms with Crippen molar-refractivity contribution in [2.75, 3.05) is 23.1 Å². The van der Waals surface area contributed by atoms with Crippen molar-refractivity contribution < 1.29 is 16.8 Å². The first-order chi connectivity index (χ1) is 8.76. The Hall–Kier alpha value is -1.15. The van der Waals surface area contributed by atoms with Crippen molar-refractivity contribution in [3.05, 3.63) is 18.3 Å². The summed E-state index contributed by atoms with van der Waals surface area (Å²) in [5, 5.41) is 3.21. The Kier molecular flexibility index (Phi) is 3.82. The maximum Gasteiger partial charge on any atom is 0.192 e. The number of rotatable bonds is 3. The molecule has 6 nitrogen and oxygen atoms in total. The summed E-state index contributed by atoms with van der Waals surface area (Å²) >= 11 is 0. The number of nitrogens with zero attached hydrogens (tertiary/aromatic N) is 1. The molecule has 0 aromatic carbocycles. The van der Waals surface area contributed by atoms with Crippen molar-refractivity contribution in [1.29, 1.82) is 0 Å². The van der Waals surface area contributed by atoms with E-state index in [9.17, 15) is 16.8 Å². The topological polar surface area (TPSA) is 93.2 Å². The Morgan fingerprint density at radius 3 is 2.37 bits per heavy atom. The number of anilines is 1. The van der Waals surface area contributed by atoms with E-state index in [1.165, 1.54) is 12.3 Å². The van der Waals surface area contributed by atoms with Crippen molar-refractivity contribution in [2.24, 2.45) is 0 Å². The molecule has 1 fully saturated rings.